The van der Waals surface area contributed by atoms with E-state index in [4.69, 9.17) is 0 Å². The van der Waals surface area contributed by atoms with Crippen molar-refractivity contribution in [3.8, 4) is 0 Å². The second-order valence-corrected chi connectivity index (χ2v) is 10.5. The van der Waals surface area contributed by atoms with Gasteiger partial charge in [0.15, 0.2) is 0 Å². The summed E-state index contributed by atoms with van der Waals surface area (Å²) in [6.07, 6.45) is -9.32. The summed E-state index contributed by atoms with van der Waals surface area (Å²) in [6.45, 7) is 2.70. The first-order valence-corrected chi connectivity index (χ1v) is 12.2. The number of aromatic nitrogens is 2. The summed E-state index contributed by atoms with van der Waals surface area (Å²) in [4.78, 5) is 0. The van der Waals surface area contributed by atoms with Crippen LogP contribution in [0.15, 0.2) is 25.3 Å². The number of hydrogen-bond acceptors (Lipinski definition) is 0. The van der Waals surface area contributed by atoms with Crippen molar-refractivity contribution in [2.24, 2.45) is 0 Å². The van der Waals surface area contributed by atoms with Crippen LogP contribution in [0.3, 0.4) is 0 Å². The molecule has 0 bridgehead atoms. The third-order valence-electron chi connectivity index (χ3n) is 7.05. The van der Waals surface area contributed by atoms with E-state index >= 15 is 0 Å². The van der Waals surface area contributed by atoms with Crippen molar-refractivity contribution in [2.45, 2.75) is 95.1 Å². The van der Waals surface area contributed by atoms with Crippen molar-refractivity contribution in [2.75, 3.05) is 0 Å². The largest absolute Gasteiger partial charge is 0.469 e. The fourth-order valence-corrected chi connectivity index (χ4v) is 3.54. The zero-order valence-electron chi connectivity index (χ0n) is 24.4. The monoisotopic (exact) mass is 913 g/mol. The minimum atomic E-state index is -10.2. The van der Waals surface area contributed by atoms with Gasteiger partial charge in [-0.1, -0.05) is 6.58 Å². The Hall–Kier alpha value is -3.36. The van der Waals surface area contributed by atoms with Crippen LogP contribution in [0, 0.1) is 0 Å². The van der Waals surface area contributed by atoms with Gasteiger partial charge in [-0.2, -0.15) is 149 Å². The van der Waals surface area contributed by atoms with Crippen LogP contribution in [0.5, 0.6) is 0 Å². The first-order valence-electron chi connectivity index (χ1n) is 12.2. The SMILES string of the molecule is C=Cn1cc[n+](C(F)(F)C(F)(F)C(F)(F)C(F)(F)C(F)(F)C(F)(F)C(F)(F)C(F)(F)C(F)(F)C(F)(F)C(F)(F)C(F)(F)C(F)(F)C(F)(F)C(F)(F)C(F)(F)F)c1. The number of alkyl halides is 33. The molecule has 0 aliphatic carbocycles. The molecule has 0 saturated carbocycles. The minimum Gasteiger partial charge on any atom is -0.210 e. The van der Waals surface area contributed by atoms with E-state index in [1.165, 1.54) is 0 Å². The molecule has 0 saturated heterocycles. The van der Waals surface area contributed by atoms with Gasteiger partial charge in [-0.15, -0.1) is 0 Å². The molecule has 0 N–H and O–H groups in total. The maximum atomic E-state index is 14.1. The Labute approximate surface area is 282 Å². The zero-order valence-corrected chi connectivity index (χ0v) is 24.4. The van der Waals surface area contributed by atoms with Gasteiger partial charge in [0.2, 0.25) is 0 Å². The minimum absolute atomic E-state index is 0.0223. The van der Waals surface area contributed by atoms with Crippen LogP contribution < -0.4 is 4.57 Å². The summed E-state index contributed by atoms with van der Waals surface area (Å²) in [7, 11) is 0. The van der Waals surface area contributed by atoms with Crippen LogP contribution >= 0.6 is 0 Å². The van der Waals surface area contributed by atoms with Crippen LogP contribution in [-0.2, 0) is 6.05 Å². The molecule has 0 unspecified atom stereocenters. The fraction of sp³-hybridized carbons (Fsp3) is 0.762. The Kier molecular flexibility index (Phi) is 11.4. The predicted octanol–water partition coefficient (Wildman–Crippen LogP) is 10.9. The summed E-state index contributed by atoms with van der Waals surface area (Å²) >= 11 is 0. The van der Waals surface area contributed by atoms with E-state index in [2.05, 4.69) is 6.58 Å². The Bertz CT molecular complexity index is 1610. The van der Waals surface area contributed by atoms with Crippen LogP contribution in [0.1, 0.15) is 0 Å². The van der Waals surface area contributed by atoms with E-state index in [1.807, 2.05) is 0 Å². The summed E-state index contributed by atoms with van der Waals surface area (Å²) in [6, 6.07) is -7.24. The van der Waals surface area contributed by atoms with E-state index in [0.29, 0.717) is 0 Å². The Balaban J connectivity index is 4.04. The molecule has 0 radical (unpaired) electrons. The van der Waals surface area contributed by atoms with E-state index in [0.717, 1.165) is 0 Å². The number of hydrogen-bond donors (Lipinski definition) is 0. The second kappa shape index (κ2) is 12.6. The second-order valence-electron chi connectivity index (χ2n) is 10.5. The van der Waals surface area contributed by atoms with Gasteiger partial charge in [-0.3, -0.25) is 0 Å². The number of rotatable bonds is 16. The van der Waals surface area contributed by atoms with Crippen LogP contribution in [0.25, 0.3) is 6.20 Å². The van der Waals surface area contributed by atoms with Crippen molar-refractivity contribution in [1.29, 1.82) is 0 Å². The van der Waals surface area contributed by atoms with Crippen molar-refractivity contribution in [1.82, 2.24) is 4.57 Å². The maximum absolute atomic E-state index is 14.1. The van der Waals surface area contributed by atoms with Crippen molar-refractivity contribution in [3.05, 3.63) is 25.3 Å². The van der Waals surface area contributed by atoms with Crippen LogP contribution in [0.4, 0.5) is 145 Å². The molecule has 0 spiro atoms. The third kappa shape index (κ3) is 5.65. The Morgan fingerprint density at radius 1 is 0.321 bits per heavy atom. The molecule has 1 rings (SSSR count). The molecule has 0 aliphatic heterocycles. The number of imidazole rings is 1. The molecule has 330 valence electrons. The first kappa shape index (κ1) is 50.7. The van der Waals surface area contributed by atoms with Crippen molar-refractivity contribution >= 4 is 6.20 Å². The lowest BCUT2D eigenvalue weighted by atomic mass is 9.83. The number of halogens is 33. The summed E-state index contributed by atoms with van der Waals surface area (Å²) < 4.78 is 449. The number of nitrogens with zero attached hydrogens (tertiary/aromatic N) is 2. The summed E-state index contributed by atoms with van der Waals surface area (Å²) in [5.74, 6) is -136. The van der Waals surface area contributed by atoms with E-state index in [9.17, 15) is 145 Å². The topological polar surface area (TPSA) is 8.81 Å². The maximum Gasteiger partial charge on any atom is 0.469 e. The quantitative estimate of drug-likeness (QED) is 0.115. The highest BCUT2D eigenvalue weighted by molar-refractivity contribution is 5.22. The van der Waals surface area contributed by atoms with Crippen molar-refractivity contribution < 1.29 is 149 Å². The Morgan fingerprint density at radius 3 is 0.696 bits per heavy atom. The zero-order chi connectivity index (χ0) is 46.0. The molecular formula is C21H6F33N2+. The molecule has 1 heterocycles. The molecule has 2 nitrogen and oxygen atoms in total. The first-order chi connectivity index (χ1) is 23.8. The van der Waals surface area contributed by atoms with Gasteiger partial charge in [0.1, 0.15) is 12.4 Å². The molecule has 0 amide bonds. The molecule has 1 aromatic rings. The molecule has 35 heteroatoms. The van der Waals surface area contributed by atoms with Crippen LogP contribution in [-0.4, -0.2) is 93.7 Å². The van der Waals surface area contributed by atoms with E-state index < -0.39 is 112 Å². The van der Waals surface area contributed by atoms with Gasteiger partial charge >= 0.3 is 95.1 Å². The average molecular weight is 913 g/mol. The molecule has 0 aromatic carbocycles. The van der Waals surface area contributed by atoms with E-state index in [-0.39, 0.29) is 17.0 Å². The van der Waals surface area contributed by atoms with Gasteiger partial charge in [-0.25, -0.2) is 4.57 Å². The predicted molar refractivity (Wildman–Crippen MR) is 107 cm³/mol. The molecule has 56 heavy (non-hydrogen) atoms. The lowest BCUT2D eigenvalue weighted by Gasteiger charge is -2.46. The fourth-order valence-electron chi connectivity index (χ4n) is 3.54. The standard InChI is InChI=1S/C21H6F33N2/c1-2-55-3-4-56(5-55)21(53,54)19(48,49)17(44,45)15(40,41)13(36,37)11(32,33)9(28,29)7(24,25)6(22,23)8(26,27)10(30,31)12(34,35)14(38,39)16(42,43)18(46,47)20(50,51)52/h2-5H,1H2/q+1. The lowest BCUT2D eigenvalue weighted by Crippen LogP contribution is -2.80. The Morgan fingerprint density at radius 2 is 0.518 bits per heavy atom. The average Bonchev–Trinajstić information content (AvgIpc) is 3.49. The molecule has 0 atom stereocenters. The third-order valence-corrected chi connectivity index (χ3v) is 7.05. The lowest BCUT2D eigenvalue weighted by molar-refractivity contribution is -0.849. The van der Waals surface area contributed by atoms with Gasteiger partial charge in [0.05, 0.1) is 6.20 Å². The molecule has 0 aliphatic rings. The summed E-state index contributed by atoms with van der Waals surface area (Å²) in [5, 5.41) is 0. The highest BCUT2D eigenvalue weighted by Gasteiger charge is 3.02. The normalized spacial score (nSPS) is 16.7. The smallest absolute Gasteiger partial charge is 0.210 e. The van der Waals surface area contributed by atoms with Gasteiger partial charge in [0, 0.05) is 0 Å². The van der Waals surface area contributed by atoms with Crippen molar-refractivity contribution in [3.63, 3.8) is 0 Å². The molecule has 0 fully saturated rings. The van der Waals surface area contributed by atoms with Gasteiger partial charge < -0.3 is 0 Å². The van der Waals surface area contributed by atoms with Gasteiger partial charge in [-0.05, 0) is 0 Å². The van der Waals surface area contributed by atoms with Gasteiger partial charge in [0.25, 0.3) is 6.33 Å². The molecule has 1 aromatic heterocycles. The van der Waals surface area contributed by atoms with Crippen LogP contribution in [0.2, 0.25) is 0 Å². The molecular weight excluding hydrogens is 907 g/mol. The summed E-state index contributed by atoms with van der Waals surface area (Å²) in [5.41, 5.74) is 0. The highest BCUT2D eigenvalue weighted by atomic mass is 19.4. The highest BCUT2D eigenvalue weighted by Crippen LogP contribution is 2.69. The van der Waals surface area contributed by atoms with E-state index in [1.54, 1.807) is 0 Å².